The predicted molar refractivity (Wildman–Crippen MR) is 470 cm³/mol. The van der Waals surface area contributed by atoms with Gasteiger partial charge in [-0.15, -0.1) is 0 Å². The number of nitrogens with zero attached hydrogens (tertiary/aromatic N) is 12. The molecular weight excluding hydrogens is 1440 g/mol. The number of ether oxygens (including phenoxy) is 1. The summed E-state index contributed by atoms with van der Waals surface area (Å²) in [6, 6.07) is 106. The maximum Gasteiger partial charge on any atom is 0.233 e. The first-order valence-corrected chi connectivity index (χ1v) is 37.9. The third kappa shape index (κ3) is 25.4. The SMILES string of the molecule is COc1ccc(Cc2nc(Nc3ccccc3)nc(Nc3ccccc3)n2)cc1.Cc1ccc(Cc2nc(Nc3ccccc3)nc(Nc3ccc(C)cc3)n2)cc1.Cc1ccc(Cc2nc(Nc3ccccc3)nc(Nc3ccccc3)n2)cc1.Cc1cccc(Nc2nc(Nc3cccc(C)c3)nc(Nc3cccc(C)c3)n2)c1. The van der Waals surface area contributed by atoms with Gasteiger partial charge in [0.15, 0.2) is 0 Å². The van der Waals surface area contributed by atoms with Crippen LogP contribution >= 0.6 is 0 Å². The molecule has 16 aromatic rings. The second-order valence-electron chi connectivity index (χ2n) is 27.3. The molecule has 12 aromatic carbocycles. The molecule has 0 radical (unpaired) electrons. The van der Waals surface area contributed by atoms with Crippen molar-refractivity contribution in [1.29, 1.82) is 0 Å². The number of aryl methyl sites for hydroxylation is 6. The Balaban J connectivity index is 0.000000135. The number of hydrogen-bond donors (Lipinski definition) is 9. The molecular formula is C94H89N21O. The van der Waals surface area contributed by atoms with Crippen LogP contribution in [-0.4, -0.2) is 66.9 Å². The van der Waals surface area contributed by atoms with Gasteiger partial charge in [-0.3, -0.25) is 0 Å². The monoisotopic (exact) mass is 1530 g/mol. The first-order valence-electron chi connectivity index (χ1n) is 37.9. The molecule has 576 valence electrons. The summed E-state index contributed by atoms with van der Waals surface area (Å²) < 4.78 is 5.23. The quantitative estimate of drug-likeness (QED) is 0.0257. The molecule has 0 fully saturated rings. The third-order valence-electron chi connectivity index (χ3n) is 17.4. The minimum Gasteiger partial charge on any atom is -0.497 e. The van der Waals surface area contributed by atoms with Crippen LogP contribution in [0.3, 0.4) is 0 Å². The van der Waals surface area contributed by atoms with Gasteiger partial charge in [-0.25, -0.2) is 0 Å². The minimum absolute atomic E-state index is 0.459. The highest BCUT2D eigenvalue weighted by atomic mass is 16.5. The van der Waals surface area contributed by atoms with Crippen LogP contribution < -0.4 is 52.6 Å². The number of benzene rings is 12. The highest BCUT2D eigenvalue weighted by molar-refractivity contribution is 5.65. The van der Waals surface area contributed by atoms with Crippen molar-refractivity contribution < 1.29 is 4.74 Å². The van der Waals surface area contributed by atoms with E-state index in [1.165, 1.54) is 16.7 Å². The molecule has 0 aliphatic rings. The molecule has 0 spiro atoms. The summed E-state index contributed by atoms with van der Waals surface area (Å²) in [5, 5.41) is 29.4. The highest BCUT2D eigenvalue weighted by Crippen LogP contribution is 2.27. The molecule has 22 nitrogen and oxygen atoms in total. The van der Waals surface area contributed by atoms with Crippen LogP contribution in [0.2, 0.25) is 0 Å². The smallest absolute Gasteiger partial charge is 0.233 e. The Kier molecular flexibility index (Phi) is 27.2. The van der Waals surface area contributed by atoms with E-state index in [9.17, 15) is 0 Å². The van der Waals surface area contributed by atoms with Crippen LogP contribution in [0.15, 0.2) is 322 Å². The molecule has 0 saturated carbocycles. The number of methoxy groups -OCH3 is 1. The molecule has 0 bridgehead atoms. The Morgan fingerprint density at radius 3 is 0.621 bits per heavy atom. The summed E-state index contributed by atoms with van der Waals surface area (Å²) in [4.78, 5) is 55.0. The Bertz CT molecular complexity index is 5420. The maximum atomic E-state index is 5.23. The van der Waals surface area contributed by atoms with Crippen LogP contribution in [0.4, 0.5) is 105 Å². The number of anilines is 18. The van der Waals surface area contributed by atoms with E-state index in [1.807, 2.05) is 282 Å². The van der Waals surface area contributed by atoms with E-state index in [-0.39, 0.29) is 0 Å². The summed E-state index contributed by atoms with van der Waals surface area (Å²) >= 11 is 0. The molecule has 0 aliphatic carbocycles. The molecule has 9 N–H and O–H groups in total. The van der Waals surface area contributed by atoms with Crippen molar-refractivity contribution in [3.63, 3.8) is 0 Å². The van der Waals surface area contributed by atoms with Gasteiger partial charge in [0.2, 0.25) is 53.5 Å². The molecule has 116 heavy (non-hydrogen) atoms. The zero-order valence-electron chi connectivity index (χ0n) is 65.5. The van der Waals surface area contributed by atoms with E-state index >= 15 is 0 Å². The van der Waals surface area contributed by atoms with Crippen LogP contribution in [0, 0.1) is 41.5 Å². The minimum atomic E-state index is 0.459. The third-order valence-corrected chi connectivity index (χ3v) is 17.4. The zero-order valence-corrected chi connectivity index (χ0v) is 65.5. The van der Waals surface area contributed by atoms with Crippen molar-refractivity contribution in [3.05, 3.63) is 389 Å². The van der Waals surface area contributed by atoms with Crippen molar-refractivity contribution in [2.24, 2.45) is 0 Å². The summed E-state index contributed by atoms with van der Waals surface area (Å²) in [7, 11) is 1.66. The van der Waals surface area contributed by atoms with E-state index in [0.29, 0.717) is 90.3 Å². The van der Waals surface area contributed by atoms with E-state index in [0.717, 1.165) is 90.3 Å². The Hall–Kier alpha value is -15.3. The molecule has 0 saturated heterocycles. The Morgan fingerprint density at radius 1 is 0.190 bits per heavy atom. The Morgan fingerprint density at radius 2 is 0.388 bits per heavy atom. The zero-order chi connectivity index (χ0) is 80.1. The molecule has 0 aliphatic heterocycles. The molecule has 4 heterocycles. The van der Waals surface area contributed by atoms with Gasteiger partial charge in [0.05, 0.1) is 7.11 Å². The lowest BCUT2D eigenvalue weighted by Crippen LogP contribution is -2.08. The number of para-hydroxylation sites is 5. The van der Waals surface area contributed by atoms with E-state index in [2.05, 4.69) is 189 Å². The van der Waals surface area contributed by atoms with Crippen molar-refractivity contribution in [2.75, 3.05) is 55.0 Å². The predicted octanol–water partition coefficient (Wildman–Crippen LogP) is 21.8. The summed E-state index contributed by atoms with van der Waals surface area (Å²) in [6.45, 7) is 12.4. The van der Waals surface area contributed by atoms with Crippen LogP contribution in [0.25, 0.3) is 0 Å². The summed E-state index contributed by atoms with van der Waals surface area (Å²) in [6.07, 6.45) is 1.85. The number of aromatic nitrogens is 12. The van der Waals surface area contributed by atoms with Gasteiger partial charge in [-0.2, -0.15) is 59.8 Å². The van der Waals surface area contributed by atoms with Crippen LogP contribution in [0.5, 0.6) is 5.75 Å². The second-order valence-corrected chi connectivity index (χ2v) is 27.3. The molecule has 0 unspecified atom stereocenters. The lowest BCUT2D eigenvalue weighted by atomic mass is 10.1. The normalized spacial score (nSPS) is 10.5. The van der Waals surface area contributed by atoms with Crippen molar-refractivity contribution in [2.45, 2.75) is 60.8 Å². The lowest BCUT2D eigenvalue weighted by molar-refractivity contribution is 0.414. The fraction of sp³-hybridized carbons (Fsp3) is 0.106. The maximum absolute atomic E-state index is 5.23. The van der Waals surface area contributed by atoms with Crippen LogP contribution in [-0.2, 0) is 19.3 Å². The van der Waals surface area contributed by atoms with Crippen molar-refractivity contribution in [1.82, 2.24) is 59.8 Å². The number of nitrogens with one attached hydrogen (secondary N) is 9. The number of hydrogen-bond acceptors (Lipinski definition) is 22. The molecule has 22 heteroatoms. The van der Waals surface area contributed by atoms with Gasteiger partial charge >= 0.3 is 0 Å². The fourth-order valence-electron chi connectivity index (χ4n) is 11.7. The number of rotatable bonds is 25. The van der Waals surface area contributed by atoms with Crippen LogP contribution in [0.1, 0.15) is 67.5 Å². The van der Waals surface area contributed by atoms with Gasteiger partial charge in [0.25, 0.3) is 0 Å². The van der Waals surface area contributed by atoms with E-state index in [1.54, 1.807) is 7.11 Å². The fourth-order valence-corrected chi connectivity index (χ4v) is 11.7. The summed E-state index contributed by atoms with van der Waals surface area (Å²) in [5.74, 6) is 7.33. The van der Waals surface area contributed by atoms with Gasteiger partial charge in [0.1, 0.15) is 23.2 Å². The second kappa shape index (κ2) is 40.0. The molecule has 0 amide bonds. The van der Waals surface area contributed by atoms with Gasteiger partial charge in [-0.1, -0.05) is 217 Å². The van der Waals surface area contributed by atoms with Gasteiger partial charge < -0.3 is 52.6 Å². The first-order chi connectivity index (χ1) is 56.7. The first kappa shape index (κ1) is 78.8. The average molecular weight is 1530 g/mol. The molecule has 16 rings (SSSR count). The van der Waals surface area contributed by atoms with Crippen molar-refractivity contribution >= 4 is 105 Å². The molecule has 4 aromatic heterocycles. The largest absolute Gasteiger partial charge is 0.497 e. The summed E-state index contributed by atoms with van der Waals surface area (Å²) in [5.41, 5.74) is 18.9. The lowest BCUT2D eigenvalue weighted by Gasteiger charge is -2.12. The highest BCUT2D eigenvalue weighted by Gasteiger charge is 2.15. The topological polar surface area (TPSA) is 272 Å². The van der Waals surface area contributed by atoms with E-state index < -0.39 is 0 Å². The standard InChI is InChI=1S/C24H24N6.C24H23N5.C23H21N5O.C23H21N5/c1-16-7-4-10-19(13-16)25-22-28-23(26-20-11-5-8-17(2)14-20)30-24(29-22)27-21-12-6-9-18(3)15-21;1-17-8-12-19(13-9-17)16-22-27-23(25-20-6-4-3-5-7-20)29-24(28-22)26-21-14-10-18(2)11-15-21;1-29-20-14-12-17(13-15-20)16-21-26-22(24-18-8-4-2-5-9-18)28-23(27-21)25-19-10-6-3-7-11-19;1-17-12-14-18(15-13-17)16-21-26-22(24-19-8-4-2-5-9-19)28-23(27-21)25-20-10-6-3-7-11-20/h4-15H,1-3H3,(H3,25,26,27,28,29,30);3-15H,16H2,1-2H3,(H2,25,26,27,28,29);2-15H,16H2,1H3,(H2,24,25,26,27,28);2-15H,16H2,1H3,(H2,24,25,26,27,28). The van der Waals surface area contributed by atoms with Crippen molar-refractivity contribution in [3.8, 4) is 5.75 Å². The van der Waals surface area contributed by atoms with Gasteiger partial charge in [-0.05, 0) is 196 Å². The van der Waals surface area contributed by atoms with E-state index in [4.69, 9.17) is 4.74 Å². The Labute approximate surface area is 676 Å². The van der Waals surface area contributed by atoms with Gasteiger partial charge in [0, 0.05) is 70.4 Å². The average Bonchev–Trinajstić information content (AvgIpc) is 0.847. The molecule has 0 atom stereocenters.